The van der Waals surface area contributed by atoms with Crippen LogP contribution in [0.2, 0.25) is 5.02 Å². The zero-order valence-electron chi connectivity index (χ0n) is 20.1. The molecule has 3 aromatic carbocycles. The molecule has 6 nitrogen and oxygen atoms in total. The van der Waals surface area contributed by atoms with E-state index in [1.54, 1.807) is 37.3 Å². The lowest BCUT2D eigenvalue weighted by molar-refractivity contribution is -0.145. The highest BCUT2D eigenvalue weighted by Crippen LogP contribution is 2.42. The van der Waals surface area contributed by atoms with Crippen molar-refractivity contribution in [3.8, 4) is 17.2 Å². The minimum atomic E-state index is -0.423. The van der Waals surface area contributed by atoms with Gasteiger partial charge in [-0.1, -0.05) is 41.9 Å². The van der Waals surface area contributed by atoms with Crippen LogP contribution >= 0.6 is 23.4 Å². The van der Waals surface area contributed by atoms with Crippen LogP contribution in [0.1, 0.15) is 46.3 Å². The number of amides is 1. The third kappa shape index (κ3) is 5.94. The Balaban J connectivity index is 1.47. The molecular weight excluding hydrogens is 501 g/mol. The number of ether oxygens (including phenoxy) is 3. The van der Waals surface area contributed by atoms with E-state index < -0.39 is 5.92 Å². The summed E-state index contributed by atoms with van der Waals surface area (Å²) in [4.78, 5) is 25.2. The normalized spacial score (nSPS) is 14.4. The van der Waals surface area contributed by atoms with Crippen LogP contribution in [0.3, 0.4) is 0 Å². The molecule has 0 aliphatic carbocycles. The van der Waals surface area contributed by atoms with Crippen molar-refractivity contribution in [1.29, 1.82) is 0 Å². The number of carbonyl (C=O) groups excluding carboxylic acids is 2. The molecule has 0 bridgehead atoms. The number of halogens is 2. The van der Waals surface area contributed by atoms with Crippen molar-refractivity contribution < 1.29 is 23.8 Å². The Morgan fingerprint density at radius 1 is 1.08 bits per heavy atom. The second-order valence-corrected chi connectivity index (χ2v) is 9.29. The Labute approximate surface area is 220 Å². The van der Waals surface area contributed by atoms with Gasteiger partial charge in [0.05, 0.1) is 24.2 Å². The van der Waals surface area contributed by atoms with Gasteiger partial charge in [-0.3, -0.25) is 14.0 Å². The van der Waals surface area contributed by atoms with Gasteiger partial charge in [0.1, 0.15) is 17.2 Å². The molecule has 36 heavy (non-hydrogen) atoms. The highest BCUT2D eigenvalue weighted by atomic mass is 35.5. The van der Waals surface area contributed by atoms with Crippen molar-refractivity contribution in [2.45, 2.75) is 32.6 Å². The molecule has 1 aliphatic rings. The van der Waals surface area contributed by atoms with Crippen molar-refractivity contribution in [3.63, 3.8) is 0 Å². The molecule has 4 rings (SSSR count). The first-order valence-electron chi connectivity index (χ1n) is 11.8. The van der Waals surface area contributed by atoms with Gasteiger partial charge < -0.3 is 14.2 Å². The van der Waals surface area contributed by atoms with Gasteiger partial charge in [-0.05, 0) is 62.1 Å². The summed E-state index contributed by atoms with van der Waals surface area (Å²) >= 11 is 12.8. The van der Waals surface area contributed by atoms with E-state index in [1.165, 1.54) is 4.42 Å². The molecule has 1 heterocycles. The fraction of sp³-hybridized carbons (Fsp3) is 0.286. The average Bonchev–Trinajstić information content (AvgIpc) is 2.88. The Kier molecular flexibility index (Phi) is 8.39. The standard InChI is InChI=1S/C28H27Cl2NO5/c1-3-34-28(33)21-12-14-35-25-17-26(23(29)16-22(21)25)36-24-10-9-20(15-18(24)2)27(32)31(30)13-11-19-7-5-4-6-8-19/h4-10,15-17,21H,3,11-14H2,1-2H3. The molecule has 1 aliphatic heterocycles. The maximum atomic E-state index is 12.8. The van der Waals surface area contributed by atoms with E-state index in [9.17, 15) is 9.59 Å². The van der Waals surface area contributed by atoms with Gasteiger partial charge in [0.2, 0.25) is 0 Å². The van der Waals surface area contributed by atoms with E-state index in [4.69, 9.17) is 37.6 Å². The SMILES string of the molecule is CCOC(=O)C1CCOc2cc(Oc3ccc(C(=O)N(Cl)CCc4ccccc4)cc3C)c(Cl)cc21. The average molecular weight is 528 g/mol. The van der Waals surface area contributed by atoms with Crippen LogP contribution < -0.4 is 9.47 Å². The third-order valence-electron chi connectivity index (χ3n) is 5.98. The number of carbonyl (C=O) groups is 2. The molecule has 1 atom stereocenters. The van der Waals surface area contributed by atoms with Crippen LogP contribution in [-0.4, -0.2) is 36.1 Å². The minimum Gasteiger partial charge on any atom is -0.493 e. The Hall–Kier alpha value is -3.22. The lowest BCUT2D eigenvalue weighted by atomic mass is 9.93. The van der Waals surface area contributed by atoms with Gasteiger partial charge in [0.15, 0.2) is 0 Å². The van der Waals surface area contributed by atoms with Crippen LogP contribution in [0.15, 0.2) is 60.7 Å². The summed E-state index contributed by atoms with van der Waals surface area (Å²) < 4.78 is 18.2. The van der Waals surface area contributed by atoms with E-state index in [0.29, 0.717) is 66.0 Å². The molecule has 188 valence electrons. The summed E-state index contributed by atoms with van der Waals surface area (Å²) in [5, 5.41) is 0.348. The first-order chi connectivity index (χ1) is 17.4. The fourth-order valence-corrected chi connectivity index (χ4v) is 4.48. The number of hydrogen-bond donors (Lipinski definition) is 0. The molecule has 0 aromatic heterocycles. The van der Waals surface area contributed by atoms with Crippen molar-refractivity contribution in [2.75, 3.05) is 19.8 Å². The van der Waals surface area contributed by atoms with Gasteiger partial charge in [0, 0.05) is 35.5 Å². The van der Waals surface area contributed by atoms with Crippen LogP contribution in [0, 0.1) is 6.92 Å². The first kappa shape index (κ1) is 25.9. The number of fused-ring (bicyclic) bond motifs is 1. The van der Waals surface area contributed by atoms with Crippen molar-refractivity contribution in [3.05, 3.63) is 87.9 Å². The molecule has 0 radical (unpaired) electrons. The summed E-state index contributed by atoms with van der Waals surface area (Å²) in [5.74, 6) is 0.472. The first-order valence-corrected chi connectivity index (χ1v) is 12.5. The minimum absolute atomic E-state index is 0.285. The number of benzene rings is 3. The Morgan fingerprint density at radius 2 is 1.86 bits per heavy atom. The predicted molar refractivity (Wildman–Crippen MR) is 139 cm³/mol. The number of rotatable bonds is 8. The second kappa shape index (κ2) is 11.7. The molecule has 3 aromatic rings. The summed E-state index contributed by atoms with van der Waals surface area (Å²) in [7, 11) is 0. The maximum Gasteiger partial charge on any atom is 0.313 e. The fourth-order valence-electron chi connectivity index (χ4n) is 4.08. The van der Waals surface area contributed by atoms with Gasteiger partial charge in [0.25, 0.3) is 5.91 Å². The van der Waals surface area contributed by atoms with Gasteiger partial charge in [-0.2, -0.15) is 0 Å². The third-order valence-corrected chi connectivity index (χ3v) is 6.59. The molecule has 0 fully saturated rings. The van der Waals surface area contributed by atoms with Crippen molar-refractivity contribution in [2.24, 2.45) is 0 Å². The highest BCUT2D eigenvalue weighted by Gasteiger charge is 2.30. The number of esters is 1. The van der Waals surface area contributed by atoms with Gasteiger partial charge in [-0.15, -0.1) is 0 Å². The molecule has 0 saturated heterocycles. The number of nitrogens with zero attached hydrogens (tertiary/aromatic N) is 1. The molecule has 0 saturated carbocycles. The highest BCUT2D eigenvalue weighted by molar-refractivity contribution is 6.32. The largest absolute Gasteiger partial charge is 0.493 e. The second-order valence-electron chi connectivity index (χ2n) is 8.47. The van der Waals surface area contributed by atoms with Crippen LogP contribution in [0.25, 0.3) is 0 Å². The number of aryl methyl sites for hydroxylation is 1. The topological polar surface area (TPSA) is 65.1 Å². The predicted octanol–water partition coefficient (Wildman–Crippen LogP) is 6.71. The zero-order chi connectivity index (χ0) is 25.7. The summed E-state index contributed by atoms with van der Waals surface area (Å²) in [6.45, 7) is 4.71. The van der Waals surface area contributed by atoms with E-state index >= 15 is 0 Å². The van der Waals surface area contributed by atoms with Gasteiger partial charge in [-0.25, -0.2) is 0 Å². The number of hydrogen-bond acceptors (Lipinski definition) is 5. The summed E-state index contributed by atoms with van der Waals surface area (Å²) in [5.41, 5.74) is 3.00. The van der Waals surface area contributed by atoms with Crippen LogP contribution in [0.5, 0.6) is 17.2 Å². The quantitative estimate of drug-likeness (QED) is 0.240. The lowest BCUT2D eigenvalue weighted by Gasteiger charge is -2.25. The van der Waals surface area contributed by atoms with E-state index in [1.807, 2.05) is 37.3 Å². The smallest absolute Gasteiger partial charge is 0.313 e. The van der Waals surface area contributed by atoms with Crippen molar-refractivity contribution >= 4 is 35.3 Å². The van der Waals surface area contributed by atoms with E-state index in [2.05, 4.69) is 0 Å². The van der Waals surface area contributed by atoms with Crippen molar-refractivity contribution in [1.82, 2.24) is 4.42 Å². The summed E-state index contributed by atoms with van der Waals surface area (Å²) in [6.07, 6.45) is 1.19. The Morgan fingerprint density at radius 3 is 2.58 bits per heavy atom. The Bertz CT molecular complexity index is 1250. The monoisotopic (exact) mass is 527 g/mol. The molecule has 0 spiro atoms. The van der Waals surface area contributed by atoms with Crippen LogP contribution in [-0.2, 0) is 16.0 Å². The molecule has 1 unspecified atom stereocenters. The molecule has 0 N–H and O–H groups in total. The molecular formula is C28H27Cl2NO5. The summed E-state index contributed by atoms with van der Waals surface area (Å²) in [6, 6.07) is 18.3. The zero-order valence-corrected chi connectivity index (χ0v) is 21.6. The molecule has 1 amide bonds. The van der Waals surface area contributed by atoms with Gasteiger partial charge >= 0.3 is 5.97 Å². The lowest BCUT2D eigenvalue weighted by Crippen LogP contribution is -2.24. The van der Waals surface area contributed by atoms with E-state index in [0.717, 1.165) is 11.1 Å². The van der Waals surface area contributed by atoms with E-state index in [-0.39, 0.29) is 11.9 Å². The van der Waals surface area contributed by atoms with Crippen LogP contribution in [0.4, 0.5) is 0 Å². The molecule has 8 heteroatoms. The maximum absolute atomic E-state index is 12.8.